The van der Waals surface area contributed by atoms with Crippen molar-refractivity contribution in [2.75, 3.05) is 12.4 Å². The van der Waals surface area contributed by atoms with E-state index in [-0.39, 0.29) is 6.61 Å². The van der Waals surface area contributed by atoms with E-state index in [4.69, 9.17) is 0 Å². The van der Waals surface area contributed by atoms with E-state index >= 15 is 0 Å². The Morgan fingerprint density at radius 1 is 1.44 bits per heavy atom. The monoisotopic (exact) mass is 238 g/mol. The van der Waals surface area contributed by atoms with Crippen LogP contribution < -0.4 is 0 Å². The first-order chi connectivity index (χ1) is 7.90. The largest absolute Gasteiger partial charge is 0.396 e. The molecule has 1 N–H and O–H groups in total. The molecule has 3 heterocycles. The third kappa shape index (κ3) is 1.68. The number of hydrogen-bond donors (Lipinski definition) is 1. The van der Waals surface area contributed by atoms with Crippen LogP contribution in [0.3, 0.4) is 0 Å². The van der Waals surface area contributed by atoms with Crippen LogP contribution in [0.15, 0.2) is 6.20 Å². The maximum Gasteiger partial charge on any atom is 0.122 e. The van der Waals surface area contributed by atoms with Crippen molar-refractivity contribution in [3.05, 3.63) is 17.7 Å². The lowest BCUT2D eigenvalue weighted by Crippen LogP contribution is -2.19. The highest BCUT2D eigenvalue weighted by Crippen LogP contribution is 2.41. The summed E-state index contributed by atoms with van der Waals surface area (Å²) in [7, 11) is 0. The van der Waals surface area contributed by atoms with Crippen LogP contribution in [0.4, 0.5) is 0 Å². The lowest BCUT2D eigenvalue weighted by Gasteiger charge is -2.24. The highest BCUT2D eigenvalue weighted by molar-refractivity contribution is 7.99. The van der Waals surface area contributed by atoms with Gasteiger partial charge in [0.25, 0.3) is 0 Å². The van der Waals surface area contributed by atoms with Gasteiger partial charge in [-0.3, -0.25) is 0 Å². The Balaban J connectivity index is 1.93. The summed E-state index contributed by atoms with van der Waals surface area (Å²) in [5.74, 6) is 2.85. The Kier molecular flexibility index (Phi) is 2.94. The van der Waals surface area contributed by atoms with Gasteiger partial charge in [0.1, 0.15) is 5.82 Å². The number of thioether (sulfide) groups is 1. The van der Waals surface area contributed by atoms with E-state index < -0.39 is 0 Å². The van der Waals surface area contributed by atoms with Crippen molar-refractivity contribution in [1.82, 2.24) is 9.55 Å². The van der Waals surface area contributed by atoms with Gasteiger partial charge in [-0.1, -0.05) is 0 Å². The van der Waals surface area contributed by atoms with E-state index in [0.717, 1.165) is 13.0 Å². The van der Waals surface area contributed by atoms with E-state index in [1.807, 2.05) is 18.0 Å². The highest BCUT2D eigenvalue weighted by Gasteiger charge is 2.28. The van der Waals surface area contributed by atoms with Crippen molar-refractivity contribution >= 4 is 11.8 Å². The molecule has 2 unspecified atom stereocenters. The van der Waals surface area contributed by atoms with Gasteiger partial charge in [-0.05, 0) is 31.4 Å². The van der Waals surface area contributed by atoms with Gasteiger partial charge in [-0.25, -0.2) is 4.98 Å². The van der Waals surface area contributed by atoms with E-state index in [1.54, 1.807) is 0 Å². The molecule has 3 nitrogen and oxygen atoms in total. The van der Waals surface area contributed by atoms with E-state index in [9.17, 15) is 5.11 Å². The Morgan fingerprint density at radius 2 is 2.38 bits per heavy atom. The van der Waals surface area contributed by atoms with Crippen molar-refractivity contribution in [2.45, 2.75) is 43.4 Å². The normalized spacial score (nSPS) is 29.3. The minimum Gasteiger partial charge on any atom is -0.396 e. The zero-order chi connectivity index (χ0) is 11.0. The number of imidazole rings is 1. The average molecular weight is 238 g/mol. The molecule has 2 aliphatic rings. The Hall–Kier alpha value is -0.480. The lowest BCUT2D eigenvalue weighted by molar-refractivity contribution is 0.240. The molecular formula is C12H18N2OS. The molecule has 0 saturated carbocycles. The van der Waals surface area contributed by atoms with Crippen LogP contribution in [0.2, 0.25) is 0 Å². The molecule has 0 radical (unpaired) electrons. The maximum atomic E-state index is 9.37. The quantitative estimate of drug-likeness (QED) is 0.859. The third-order valence-electron chi connectivity index (χ3n) is 3.71. The smallest absolute Gasteiger partial charge is 0.122 e. The second-order valence-corrected chi connectivity index (χ2v) is 6.03. The summed E-state index contributed by atoms with van der Waals surface area (Å²) in [5, 5.41) is 9.97. The van der Waals surface area contributed by atoms with Crippen molar-refractivity contribution < 1.29 is 5.11 Å². The minimum absolute atomic E-state index is 0.267. The van der Waals surface area contributed by atoms with Gasteiger partial charge in [0.15, 0.2) is 0 Å². The van der Waals surface area contributed by atoms with Crippen LogP contribution in [0.25, 0.3) is 0 Å². The van der Waals surface area contributed by atoms with Gasteiger partial charge in [-0.2, -0.15) is 11.8 Å². The molecule has 1 saturated heterocycles. The minimum atomic E-state index is 0.267. The van der Waals surface area contributed by atoms with Crippen LogP contribution in [0.5, 0.6) is 0 Å². The summed E-state index contributed by atoms with van der Waals surface area (Å²) in [6.07, 6.45) is 6.87. The van der Waals surface area contributed by atoms with Crippen LogP contribution in [-0.4, -0.2) is 27.0 Å². The Bertz CT molecular complexity index is 371. The zero-order valence-corrected chi connectivity index (χ0v) is 10.2. The summed E-state index contributed by atoms with van der Waals surface area (Å²) < 4.78 is 2.37. The van der Waals surface area contributed by atoms with E-state index in [0.29, 0.717) is 11.2 Å². The molecular weight excluding hydrogens is 220 g/mol. The van der Waals surface area contributed by atoms with Crippen LogP contribution in [0.1, 0.15) is 48.4 Å². The molecule has 16 heavy (non-hydrogen) atoms. The van der Waals surface area contributed by atoms with E-state index in [2.05, 4.69) is 9.55 Å². The molecule has 0 spiro atoms. The van der Waals surface area contributed by atoms with E-state index in [1.165, 1.54) is 36.5 Å². The number of fused-ring (bicyclic) bond motifs is 1. The van der Waals surface area contributed by atoms with Crippen LogP contribution in [-0.2, 0) is 6.54 Å². The summed E-state index contributed by atoms with van der Waals surface area (Å²) >= 11 is 2.04. The van der Waals surface area contributed by atoms with Gasteiger partial charge in [0.2, 0.25) is 0 Å². The van der Waals surface area contributed by atoms with Gasteiger partial charge >= 0.3 is 0 Å². The molecule has 0 aromatic carbocycles. The molecule has 0 amide bonds. The van der Waals surface area contributed by atoms with Crippen molar-refractivity contribution in [3.8, 4) is 0 Å². The second-order valence-electron chi connectivity index (χ2n) is 4.72. The number of rotatable bonds is 2. The van der Waals surface area contributed by atoms with Crippen LogP contribution >= 0.6 is 11.8 Å². The number of aliphatic hydroxyl groups is 1. The Morgan fingerprint density at radius 3 is 3.12 bits per heavy atom. The maximum absolute atomic E-state index is 9.37. The predicted octanol–water partition coefficient (Wildman–Crippen LogP) is 2.32. The summed E-state index contributed by atoms with van der Waals surface area (Å²) in [5.41, 5.74) is 1.26. The van der Waals surface area contributed by atoms with Gasteiger partial charge < -0.3 is 9.67 Å². The van der Waals surface area contributed by atoms with Gasteiger partial charge in [0.05, 0.1) is 11.9 Å². The first-order valence-corrected chi connectivity index (χ1v) is 7.23. The fraction of sp³-hybridized carbons (Fsp3) is 0.750. The third-order valence-corrected chi connectivity index (χ3v) is 5.08. The summed E-state index contributed by atoms with van der Waals surface area (Å²) in [6.45, 7) is 1.36. The first-order valence-electron chi connectivity index (χ1n) is 6.18. The molecule has 4 heteroatoms. The van der Waals surface area contributed by atoms with Crippen molar-refractivity contribution in [3.63, 3.8) is 0 Å². The molecule has 1 aromatic rings. The Labute approximate surface area is 100 Å². The van der Waals surface area contributed by atoms with Gasteiger partial charge in [0, 0.05) is 24.4 Å². The number of nitrogens with zero attached hydrogens (tertiary/aromatic N) is 2. The summed E-state index contributed by atoms with van der Waals surface area (Å²) in [4.78, 5) is 4.61. The lowest BCUT2D eigenvalue weighted by atomic mass is 9.97. The predicted molar refractivity (Wildman–Crippen MR) is 65.7 cm³/mol. The number of aliphatic hydroxyl groups excluding tert-OH is 1. The zero-order valence-electron chi connectivity index (χ0n) is 9.43. The highest BCUT2D eigenvalue weighted by atomic mass is 32.2. The van der Waals surface area contributed by atoms with Gasteiger partial charge in [-0.15, -0.1) is 0 Å². The topological polar surface area (TPSA) is 38.0 Å². The fourth-order valence-corrected chi connectivity index (χ4v) is 4.13. The molecule has 88 valence electrons. The fourth-order valence-electron chi connectivity index (χ4n) is 2.84. The van der Waals surface area contributed by atoms with Crippen LogP contribution in [0, 0.1) is 0 Å². The molecule has 2 atom stereocenters. The first kappa shape index (κ1) is 10.7. The molecule has 0 aliphatic carbocycles. The van der Waals surface area contributed by atoms with Crippen molar-refractivity contribution in [1.29, 1.82) is 0 Å². The average Bonchev–Trinajstić information content (AvgIpc) is 2.96. The number of hydrogen-bond acceptors (Lipinski definition) is 3. The molecule has 2 aliphatic heterocycles. The summed E-state index contributed by atoms with van der Waals surface area (Å²) in [6, 6.07) is 0. The SMILES string of the molecule is OCC1CCCn2c1cnc2C1CCCS1. The molecule has 0 bridgehead atoms. The standard InChI is InChI=1S/C12H18N2OS/c15-8-9-3-1-5-14-10(9)7-13-12(14)11-4-2-6-16-11/h7,9,11,15H,1-6,8H2. The molecule has 1 fully saturated rings. The van der Waals surface area contributed by atoms with Crippen molar-refractivity contribution in [2.24, 2.45) is 0 Å². The molecule has 3 rings (SSSR count). The number of aromatic nitrogens is 2. The molecule has 1 aromatic heterocycles. The second kappa shape index (κ2) is 4.41.